The average Bonchev–Trinajstić information content (AvgIpc) is 2.74. The molecule has 0 radical (unpaired) electrons. The molecule has 18 heavy (non-hydrogen) atoms. The number of aromatic nitrogens is 3. The van der Waals surface area contributed by atoms with Crippen LogP contribution >= 0.6 is 0 Å². The van der Waals surface area contributed by atoms with Gasteiger partial charge in [-0.15, -0.1) is 0 Å². The monoisotopic (exact) mass is 238 g/mol. The van der Waals surface area contributed by atoms with Crippen molar-refractivity contribution in [1.82, 2.24) is 14.5 Å². The highest BCUT2D eigenvalue weighted by atomic mass is 15.1. The Morgan fingerprint density at radius 3 is 2.72 bits per heavy atom. The molecule has 4 nitrogen and oxygen atoms in total. The zero-order valence-electron chi connectivity index (χ0n) is 10.2. The summed E-state index contributed by atoms with van der Waals surface area (Å²) in [6.45, 7) is 2.78. The second-order valence-electron chi connectivity index (χ2n) is 4.47. The van der Waals surface area contributed by atoms with Crippen LogP contribution in [-0.2, 0) is 6.54 Å². The Morgan fingerprint density at radius 1 is 1.17 bits per heavy atom. The Kier molecular flexibility index (Phi) is 2.48. The second kappa shape index (κ2) is 4.14. The summed E-state index contributed by atoms with van der Waals surface area (Å²) >= 11 is 0. The smallest absolute Gasteiger partial charge is 0.160 e. The van der Waals surface area contributed by atoms with Crippen LogP contribution in [0.25, 0.3) is 11.2 Å². The van der Waals surface area contributed by atoms with Crippen LogP contribution < -0.4 is 5.73 Å². The highest BCUT2D eigenvalue weighted by Crippen LogP contribution is 2.14. The zero-order valence-corrected chi connectivity index (χ0v) is 10.2. The SMILES string of the molecule is Cc1cnc2c(c1)ncn2Cc1ccc(N)cc1. The third-order valence-electron chi connectivity index (χ3n) is 2.92. The van der Waals surface area contributed by atoms with E-state index in [0.717, 1.165) is 29.0 Å². The van der Waals surface area contributed by atoms with E-state index in [-0.39, 0.29) is 0 Å². The van der Waals surface area contributed by atoms with Crippen molar-refractivity contribution in [3.63, 3.8) is 0 Å². The maximum atomic E-state index is 5.68. The molecule has 0 aliphatic rings. The van der Waals surface area contributed by atoms with Gasteiger partial charge in [0.1, 0.15) is 5.52 Å². The lowest BCUT2D eigenvalue weighted by Gasteiger charge is -2.04. The number of nitrogens with two attached hydrogens (primary N) is 1. The van der Waals surface area contributed by atoms with Crippen molar-refractivity contribution in [2.75, 3.05) is 5.73 Å². The lowest BCUT2D eigenvalue weighted by atomic mass is 10.2. The van der Waals surface area contributed by atoms with Gasteiger partial charge in [0.15, 0.2) is 5.65 Å². The third kappa shape index (κ3) is 1.93. The summed E-state index contributed by atoms with van der Waals surface area (Å²) in [7, 11) is 0. The Hall–Kier alpha value is -2.36. The Bertz CT molecular complexity index is 683. The first-order chi connectivity index (χ1) is 8.72. The largest absolute Gasteiger partial charge is 0.399 e. The molecule has 0 spiro atoms. The fraction of sp³-hybridized carbons (Fsp3) is 0.143. The van der Waals surface area contributed by atoms with Crippen LogP contribution in [0.2, 0.25) is 0 Å². The van der Waals surface area contributed by atoms with Gasteiger partial charge in [-0.25, -0.2) is 9.97 Å². The summed E-state index contributed by atoms with van der Waals surface area (Å²) in [6.07, 6.45) is 3.69. The number of fused-ring (bicyclic) bond motifs is 1. The summed E-state index contributed by atoms with van der Waals surface area (Å²) < 4.78 is 2.04. The zero-order chi connectivity index (χ0) is 12.5. The van der Waals surface area contributed by atoms with E-state index in [9.17, 15) is 0 Å². The third-order valence-corrected chi connectivity index (χ3v) is 2.92. The van der Waals surface area contributed by atoms with Crippen LogP contribution in [0.15, 0.2) is 42.9 Å². The van der Waals surface area contributed by atoms with Crippen LogP contribution in [0.4, 0.5) is 5.69 Å². The summed E-state index contributed by atoms with van der Waals surface area (Å²) in [5.74, 6) is 0. The molecule has 2 aromatic heterocycles. The minimum Gasteiger partial charge on any atom is -0.399 e. The first kappa shape index (κ1) is 10.8. The number of pyridine rings is 1. The van der Waals surface area contributed by atoms with Crippen molar-refractivity contribution >= 4 is 16.9 Å². The molecule has 2 heterocycles. The van der Waals surface area contributed by atoms with Crippen LogP contribution in [-0.4, -0.2) is 14.5 Å². The molecule has 0 saturated carbocycles. The highest BCUT2D eigenvalue weighted by Gasteiger charge is 2.04. The maximum Gasteiger partial charge on any atom is 0.160 e. The molecule has 0 bridgehead atoms. The van der Waals surface area contributed by atoms with Crippen LogP contribution in [0, 0.1) is 6.92 Å². The normalized spacial score (nSPS) is 10.9. The predicted octanol–water partition coefficient (Wildman–Crippen LogP) is 2.37. The number of aryl methyl sites for hydroxylation is 1. The van der Waals surface area contributed by atoms with Gasteiger partial charge in [0.2, 0.25) is 0 Å². The predicted molar refractivity (Wildman–Crippen MR) is 72.2 cm³/mol. The van der Waals surface area contributed by atoms with Gasteiger partial charge in [-0.1, -0.05) is 12.1 Å². The van der Waals surface area contributed by atoms with Crippen LogP contribution in [0.1, 0.15) is 11.1 Å². The van der Waals surface area contributed by atoms with E-state index in [1.54, 1.807) is 0 Å². The quantitative estimate of drug-likeness (QED) is 0.697. The Morgan fingerprint density at radius 2 is 1.94 bits per heavy atom. The van der Waals surface area contributed by atoms with Gasteiger partial charge in [0, 0.05) is 11.9 Å². The molecular weight excluding hydrogens is 224 g/mol. The van der Waals surface area contributed by atoms with Crippen molar-refractivity contribution in [2.24, 2.45) is 0 Å². The average molecular weight is 238 g/mol. The maximum absolute atomic E-state index is 5.68. The molecule has 1 aromatic carbocycles. The number of nitrogens with zero attached hydrogens (tertiary/aromatic N) is 3. The first-order valence-electron chi connectivity index (χ1n) is 5.84. The summed E-state index contributed by atoms with van der Waals surface area (Å²) in [5, 5.41) is 0. The van der Waals surface area contributed by atoms with Gasteiger partial charge in [0.05, 0.1) is 12.9 Å². The molecule has 0 unspecified atom stereocenters. The van der Waals surface area contributed by atoms with Crippen LogP contribution in [0.5, 0.6) is 0 Å². The second-order valence-corrected chi connectivity index (χ2v) is 4.47. The van der Waals surface area contributed by atoms with E-state index in [1.807, 2.05) is 54.3 Å². The number of hydrogen-bond donors (Lipinski definition) is 1. The van der Waals surface area contributed by atoms with Crippen molar-refractivity contribution in [1.29, 1.82) is 0 Å². The van der Waals surface area contributed by atoms with Gasteiger partial charge in [-0.2, -0.15) is 0 Å². The minimum absolute atomic E-state index is 0.757. The lowest BCUT2D eigenvalue weighted by molar-refractivity contribution is 0.814. The summed E-state index contributed by atoms with van der Waals surface area (Å²) in [6, 6.07) is 9.91. The topological polar surface area (TPSA) is 56.7 Å². The molecule has 0 saturated heterocycles. The highest BCUT2D eigenvalue weighted by molar-refractivity contribution is 5.71. The molecule has 2 N–H and O–H groups in total. The number of imidazole rings is 1. The van der Waals surface area contributed by atoms with Gasteiger partial charge >= 0.3 is 0 Å². The van der Waals surface area contributed by atoms with Gasteiger partial charge < -0.3 is 10.3 Å². The number of nitrogen functional groups attached to an aromatic ring is 1. The van der Waals surface area contributed by atoms with Crippen molar-refractivity contribution in [3.05, 3.63) is 54.0 Å². The van der Waals surface area contributed by atoms with Crippen molar-refractivity contribution in [3.8, 4) is 0 Å². The van der Waals surface area contributed by atoms with Gasteiger partial charge in [0.25, 0.3) is 0 Å². The summed E-state index contributed by atoms with van der Waals surface area (Å²) in [5.41, 5.74) is 10.6. The number of rotatable bonds is 2. The fourth-order valence-electron chi connectivity index (χ4n) is 1.98. The fourth-order valence-corrected chi connectivity index (χ4v) is 1.98. The van der Waals surface area contributed by atoms with E-state index < -0.39 is 0 Å². The molecule has 90 valence electrons. The number of anilines is 1. The Labute approximate surface area is 105 Å². The van der Waals surface area contributed by atoms with Crippen molar-refractivity contribution < 1.29 is 0 Å². The number of hydrogen-bond acceptors (Lipinski definition) is 3. The molecule has 3 aromatic rings. The number of benzene rings is 1. The molecule has 0 amide bonds. The van der Waals surface area contributed by atoms with E-state index >= 15 is 0 Å². The molecule has 4 heteroatoms. The van der Waals surface area contributed by atoms with E-state index in [0.29, 0.717) is 0 Å². The molecule has 0 aliphatic heterocycles. The molecule has 3 rings (SSSR count). The molecule has 0 fully saturated rings. The van der Waals surface area contributed by atoms with E-state index in [4.69, 9.17) is 5.73 Å². The first-order valence-corrected chi connectivity index (χ1v) is 5.84. The standard InChI is InChI=1S/C14H14N4/c1-10-6-13-14(16-7-10)18(9-17-13)8-11-2-4-12(15)5-3-11/h2-7,9H,8,15H2,1H3. The summed E-state index contributed by atoms with van der Waals surface area (Å²) in [4.78, 5) is 8.80. The van der Waals surface area contributed by atoms with Crippen LogP contribution in [0.3, 0.4) is 0 Å². The van der Waals surface area contributed by atoms with Gasteiger partial charge in [-0.05, 0) is 36.2 Å². The van der Waals surface area contributed by atoms with Gasteiger partial charge in [-0.3, -0.25) is 0 Å². The van der Waals surface area contributed by atoms with E-state index in [1.165, 1.54) is 5.56 Å². The van der Waals surface area contributed by atoms with Crippen molar-refractivity contribution in [2.45, 2.75) is 13.5 Å². The van der Waals surface area contributed by atoms with E-state index in [2.05, 4.69) is 9.97 Å². The lowest BCUT2D eigenvalue weighted by Crippen LogP contribution is -1.99. The Balaban J connectivity index is 1.97. The molecule has 0 atom stereocenters. The molecular formula is C14H14N4. The molecule has 0 aliphatic carbocycles. The minimum atomic E-state index is 0.757.